The molecular formula is C15H18N4O. The minimum absolute atomic E-state index is 0.271. The number of aromatic nitrogens is 1. The lowest BCUT2D eigenvalue weighted by molar-refractivity contribution is 0.0952. The van der Waals surface area contributed by atoms with Crippen LogP contribution in [-0.4, -0.2) is 22.8 Å². The summed E-state index contributed by atoms with van der Waals surface area (Å²) >= 11 is 0. The van der Waals surface area contributed by atoms with Crippen molar-refractivity contribution in [1.29, 1.82) is 0 Å². The maximum absolute atomic E-state index is 11.7. The number of hydrazine groups is 1. The summed E-state index contributed by atoms with van der Waals surface area (Å²) in [4.78, 5) is 18.1. The van der Waals surface area contributed by atoms with Gasteiger partial charge < -0.3 is 0 Å². The third-order valence-corrected chi connectivity index (χ3v) is 2.99. The van der Waals surface area contributed by atoms with Crippen LogP contribution in [0.25, 0.3) is 0 Å². The average molecular weight is 270 g/mol. The number of pyridine rings is 1. The van der Waals surface area contributed by atoms with Gasteiger partial charge in [-0.05, 0) is 30.8 Å². The van der Waals surface area contributed by atoms with Gasteiger partial charge >= 0.3 is 0 Å². The maximum atomic E-state index is 11.7. The number of hydrogen-bond donors (Lipinski definition) is 2. The summed E-state index contributed by atoms with van der Waals surface area (Å²) in [6.45, 7) is 1.37. The molecule has 104 valence electrons. The third kappa shape index (κ3) is 3.63. The Morgan fingerprint density at radius 2 is 1.95 bits per heavy atom. The van der Waals surface area contributed by atoms with Crippen molar-refractivity contribution in [3.05, 3.63) is 65.5 Å². The zero-order valence-corrected chi connectivity index (χ0v) is 11.4. The van der Waals surface area contributed by atoms with E-state index < -0.39 is 0 Å². The number of carbonyl (C=O) groups is 1. The van der Waals surface area contributed by atoms with Crippen molar-refractivity contribution in [3.63, 3.8) is 0 Å². The molecule has 1 amide bonds. The molecule has 5 heteroatoms. The van der Waals surface area contributed by atoms with Crippen LogP contribution in [0.3, 0.4) is 0 Å². The molecule has 1 aromatic heterocycles. The van der Waals surface area contributed by atoms with E-state index in [0.29, 0.717) is 12.1 Å². The molecule has 3 N–H and O–H groups in total. The summed E-state index contributed by atoms with van der Waals surface area (Å²) < 4.78 is 0. The topological polar surface area (TPSA) is 71.2 Å². The number of nitrogens with one attached hydrogen (secondary N) is 1. The minimum Gasteiger partial charge on any atom is -0.296 e. The first-order valence-electron chi connectivity index (χ1n) is 6.38. The van der Waals surface area contributed by atoms with Gasteiger partial charge in [-0.1, -0.05) is 24.3 Å². The number of nitrogen functional groups attached to an aromatic ring is 1. The van der Waals surface area contributed by atoms with Gasteiger partial charge in [-0.25, -0.2) is 5.84 Å². The predicted octanol–water partition coefficient (Wildman–Crippen LogP) is 1.32. The second kappa shape index (κ2) is 6.79. The Morgan fingerprint density at radius 3 is 2.65 bits per heavy atom. The Bertz CT molecular complexity index is 571. The van der Waals surface area contributed by atoms with Crippen molar-refractivity contribution < 1.29 is 4.79 Å². The predicted molar refractivity (Wildman–Crippen MR) is 77.5 cm³/mol. The van der Waals surface area contributed by atoms with E-state index in [0.717, 1.165) is 17.8 Å². The van der Waals surface area contributed by atoms with Gasteiger partial charge in [0.25, 0.3) is 5.91 Å². The number of carbonyl (C=O) groups excluding carboxylic acids is 1. The molecule has 0 aliphatic carbocycles. The van der Waals surface area contributed by atoms with E-state index in [9.17, 15) is 4.79 Å². The summed E-state index contributed by atoms with van der Waals surface area (Å²) in [5, 5.41) is 0. The normalized spacial score (nSPS) is 10.6. The largest absolute Gasteiger partial charge is 0.296 e. The van der Waals surface area contributed by atoms with E-state index in [-0.39, 0.29) is 5.91 Å². The van der Waals surface area contributed by atoms with Gasteiger partial charge in [0.2, 0.25) is 0 Å². The molecule has 0 bridgehead atoms. The molecular weight excluding hydrogens is 252 g/mol. The lowest BCUT2D eigenvalue weighted by Crippen LogP contribution is -2.31. The lowest BCUT2D eigenvalue weighted by Gasteiger charge is -2.18. The smallest absolute Gasteiger partial charge is 0.265 e. The van der Waals surface area contributed by atoms with E-state index in [1.54, 1.807) is 12.3 Å². The van der Waals surface area contributed by atoms with Crippen LogP contribution in [0.2, 0.25) is 0 Å². The van der Waals surface area contributed by atoms with Crippen molar-refractivity contribution in [2.24, 2.45) is 5.84 Å². The molecule has 0 aliphatic heterocycles. The average Bonchev–Trinajstić information content (AvgIpc) is 2.48. The molecule has 0 unspecified atom stereocenters. The molecule has 0 saturated heterocycles. The highest BCUT2D eigenvalue weighted by Gasteiger charge is 2.11. The summed E-state index contributed by atoms with van der Waals surface area (Å²) in [6.07, 6.45) is 1.78. The number of nitrogens with zero attached hydrogens (tertiary/aromatic N) is 2. The number of nitrogens with two attached hydrogens (primary N) is 1. The standard InChI is InChI=1S/C15H18N4O/c1-19(11-13-7-4-5-9-17-13)10-12-6-2-3-8-14(12)15(20)18-16/h2-9H,10-11,16H2,1H3,(H,18,20). The molecule has 0 radical (unpaired) electrons. The highest BCUT2D eigenvalue weighted by atomic mass is 16.2. The molecule has 2 rings (SSSR count). The molecule has 0 aliphatic rings. The number of rotatable bonds is 5. The Kier molecular flexibility index (Phi) is 4.81. The molecule has 2 aromatic rings. The zero-order valence-electron chi connectivity index (χ0n) is 11.4. The van der Waals surface area contributed by atoms with Gasteiger partial charge in [0.1, 0.15) is 0 Å². The quantitative estimate of drug-likeness (QED) is 0.488. The number of amides is 1. The van der Waals surface area contributed by atoms with Crippen molar-refractivity contribution in [1.82, 2.24) is 15.3 Å². The summed E-state index contributed by atoms with van der Waals surface area (Å²) in [5.41, 5.74) is 4.71. The van der Waals surface area contributed by atoms with Gasteiger partial charge in [-0.2, -0.15) is 0 Å². The Morgan fingerprint density at radius 1 is 1.20 bits per heavy atom. The molecule has 0 atom stereocenters. The first kappa shape index (κ1) is 14.2. The van der Waals surface area contributed by atoms with Crippen molar-refractivity contribution in [2.45, 2.75) is 13.1 Å². The third-order valence-electron chi connectivity index (χ3n) is 2.99. The molecule has 0 spiro atoms. The molecule has 5 nitrogen and oxygen atoms in total. The fourth-order valence-corrected chi connectivity index (χ4v) is 2.07. The van der Waals surface area contributed by atoms with E-state index in [2.05, 4.69) is 15.3 Å². The Labute approximate surface area is 118 Å². The SMILES string of the molecule is CN(Cc1ccccn1)Cc1ccccc1C(=O)NN. The van der Waals surface area contributed by atoms with Crippen LogP contribution in [0.1, 0.15) is 21.6 Å². The van der Waals surface area contributed by atoms with Crippen LogP contribution >= 0.6 is 0 Å². The molecule has 0 fully saturated rings. The number of benzene rings is 1. The summed E-state index contributed by atoms with van der Waals surface area (Å²) in [5.74, 6) is 4.93. The first-order chi connectivity index (χ1) is 9.70. The van der Waals surface area contributed by atoms with Crippen LogP contribution in [0, 0.1) is 0 Å². The highest BCUT2D eigenvalue weighted by molar-refractivity contribution is 5.95. The fourth-order valence-electron chi connectivity index (χ4n) is 2.07. The van der Waals surface area contributed by atoms with Gasteiger partial charge in [-0.3, -0.25) is 20.1 Å². The zero-order chi connectivity index (χ0) is 14.4. The van der Waals surface area contributed by atoms with Crippen LogP contribution in [0.15, 0.2) is 48.7 Å². The van der Waals surface area contributed by atoms with E-state index in [1.165, 1.54) is 0 Å². The van der Waals surface area contributed by atoms with Gasteiger partial charge in [0.15, 0.2) is 0 Å². The molecule has 0 saturated carbocycles. The first-order valence-corrected chi connectivity index (χ1v) is 6.38. The summed E-state index contributed by atoms with van der Waals surface area (Å²) in [7, 11) is 1.99. The second-order valence-corrected chi connectivity index (χ2v) is 4.62. The highest BCUT2D eigenvalue weighted by Crippen LogP contribution is 2.12. The van der Waals surface area contributed by atoms with Crippen LogP contribution in [0.5, 0.6) is 0 Å². The monoisotopic (exact) mass is 270 g/mol. The van der Waals surface area contributed by atoms with Crippen LogP contribution < -0.4 is 11.3 Å². The van der Waals surface area contributed by atoms with Crippen molar-refractivity contribution in [2.75, 3.05) is 7.05 Å². The molecule has 1 aromatic carbocycles. The van der Waals surface area contributed by atoms with Crippen molar-refractivity contribution in [3.8, 4) is 0 Å². The minimum atomic E-state index is -0.271. The molecule has 1 heterocycles. The van der Waals surface area contributed by atoms with E-state index in [1.807, 2.05) is 43.4 Å². The van der Waals surface area contributed by atoms with E-state index in [4.69, 9.17) is 5.84 Å². The fraction of sp³-hybridized carbons (Fsp3) is 0.200. The Balaban J connectivity index is 2.08. The Hall–Kier alpha value is -2.24. The second-order valence-electron chi connectivity index (χ2n) is 4.62. The van der Waals surface area contributed by atoms with Crippen molar-refractivity contribution >= 4 is 5.91 Å². The molecule has 20 heavy (non-hydrogen) atoms. The van der Waals surface area contributed by atoms with Gasteiger partial charge in [0, 0.05) is 24.8 Å². The van der Waals surface area contributed by atoms with Gasteiger partial charge in [-0.15, -0.1) is 0 Å². The van der Waals surface area contributed by atoms with Crippen LogP contribution in [-0.2, 0) is 13.1 Å². The number of hydrogen-bond acceptors (Lipinski definition) is 4. The summed E-state index contributed by atoms with van der Waals surface area (Å²) in [6, 6.07) is 13.3. The van der Waals surface area contributed by atoms with E-state index >= 15 is 0 Å². The van der Waals surface area contributed by atoms with Crippen LogP contribution in [0.4, 0.5) is 0 Å². The lowest BCUT2D eigenvalue weighted by atomic mass is 10.1. The van der Waals surface area contributed by atoms with Gasteiger partial charge in [0.05, 0.1) is 5.69 Å². The maximum Gasteiger partial charge on any atom is 0.265 e.